The molecule has 0 aliphatic rings. The van der Waals surface area contributed by atoms with Gasteiger partial charge in [-0.1, -0.05) is 132 Å². The number of phenolic OH excluding ortho intramolecular Hbond substituents is 1. The molecule has 0 bridgehead atoms. The molecule has 332 valence electrons. The molecule has 0 unspecified atom stereocenters. The molecule has 12 heteroatoms. The van der Waals surface area contributed by atoms with Gasteiger partial charge in [0.15, 0.2) is 0 Å². The van der Waals surface area contributed by atoms with E-state index in [2.05, 4.69) is 108 Å². The highest BCUT2D eigenvalue weighted by Gasteiger charge is 2.41. The number of hydrogen-bond donors (Lipinski definition) is 5. The number of hydrogen-bond acceptors (Lipinski definition) is 6. The average molecular weight is 885 g/mol. The highest BCUT2D eigenvalue weighted by Crippen LogP contribution is 2.41. The third-order valence-corrected chi connectivity index (χ3v) is 23.8. The number of anilines is 2. The Morgan fingerprint density at radius 1 is 0.683 bits per heavy atom. The molecule has 6 rings (SSSR count). The first-order chi connectivity index (χ1) is 29.2. The molecule has 10 nitrogen and oxygen atoms in total. The highest BCUT2D eigenvalue weighted by atomic mass is 28.3. The van der Waals surface area contributed by atoms with Crippen molar-refractivity contribution in [2.75, 3.05) is 17.2 Å². The van der Waals surface area contributed by atoms with Gasteiger partial charge in [-0.15, -0.1) is 0 Å². The van der Waals surface area contributed by atoms with Crippen LogP contribution >= 0.6 is 0 Å². The highest BCUT2D eigenvalue weighted by molar-refractivity contribution is 6.93. The lowest BCUT2D eigenvalue weighted by Crippen LogP contribution is -2.50. The molecule has 5 N–H and O–H groups in total. The van der Waals surface area contributed by atoms with Gasteiger partial charge in [-0.3, -0.25) is 19.2 Å². The summed E-state index contributed by atoms with van der Waals surface area (Å²) < 4.78 is 7.00. The normalized spacial score (nSPS) is 12.8. The fourth-order valence-electron chi connectivity index (χ4n) is 7.78. The van der Waals surface area contributed by atoms with Crippen LogP contribution in [0.15, 0.2) is 94.8 Å². The van der Waals surface area contributed by atoms with Crippen molar-refractivity contribution in [2.24, 2.45) is 0 Å². The second kappa shape index (κ2) is 16.8. The Morgan fingerprint density at radius 3 is 1.60 bits per heavy atom. The number of ether oxygens (including phenoxy) is 1. The van der Waals surface area contributed by atoms with Crippen LogP contribution in [0.2, 0.25) is 36.8 Å². The topological polar surface area (TPSA) is 153 Å². The Labute approximate surface area is 372 Å². The molecule has 63 heavy (non-hydrogen) atoms. The predicted molar refractivity (Wildman–Crippen MR) is 266 cm³/mol. The van der Waals surface area contributed by atoms with Gasteiger partial charge in [0.2, 0.25) is 10.9 Å². The SMILES string of the molecule is CC(C)[Si](C)(C)c1cc(C(C)(C)C)c(NC(=O)c2c[nH]c3ccccc3c2=O)cc1OCC(C)(C)c1cc([Si](C)(C)C(C)(C)C)c(O)cc1NC(=O)c1c[nH]c2ccccc2c1=O. The fourth-order valence-corrected chi connectivity index (χ4v) is 11.7. The second-order valence-electron chi connectivity index (χ2n) is 21.0. The number of para-hydroxylation sites is 2. The lowest BCUT2D eigenvalue weighted by atomic mass is 9.84. The van der Waals surface area contributed by atoms with Gasteiger partial charge in [0, 0.05) is 63.1 Å². The van der Waals surface area contributed by atoms with E-state index >= 15 is 0 Å². The van der Waals surface area contributed by atoms with Gasteiger partial charge < -0.3 is 30.4 Å². The van der Waals surface area contributed by atoms with Crippen LogP contribution < -0.4 is 36.6 Å². The van der Waals surface area contributed by atoms with E-state index in [1.165, 1.54) is 12.4 Å². The molecule has 0 fully saturated rings. The summed E-state index contributed by atoms with van der Waals surface area (Å²) in [6.07, 6.45) is 2.88. The Hall–Kier alpha value is -5.73. The van der Waals surface area contributed by atoms with Crippen LogP contribution in [-0.4, -0.2) is 49.6 Å². The molecule has 2 heterocycles. The summed E-state index contributed by atoms with van der Waals surface area (Å²) in [6, 6.07) is 21.9. The summed E-state index contributed by atoms with van der Waals surface area (Å²) in [5.74, 6) is -0.421. The van der Waals surface area contributed by atoms with E-state index in [9.17, 15) is 24.3 Å². The number of carbonyl (C=O) groups excluding carboxylic acids is 2. The van der Waals surface area contributed by atoms with Crippen LogP contribution in [0.1, 0.15) is 101 Å². The van der Waals surface area contributed by atoms with E-state index in [4.69, 9.17) is 4.74 Å². The Morgan fingerprint density at radius 2 is 1.14 bits per heavy atom. The summed E-state index contributed by atoms with van der Waals surface area (Å²) in [5, 5.41) is 20.5. The summed E-state index contributed by atoms with van der Waals surface area (Å²) >= 11 is 0. The number of carbonyl (C=O) groups is 2. The molecule has 2 aromatic heterocycles. The molecular formula is C51H64N4O6Si2. The number of pyridine rings is 2. The van der Waals surface area contributed by atoms with E-state index < -0.39 is 44.2 Å². The molecule has 0 aliphatic heterocycles. The average Bonchev–Trinajstić information content (AvgIpc) is 3.19. The van der Waals surface area contributed by atoms with Crippen LogP contribution in [0.5, 0.6) is 11.5 Å². The van der Waals surface area contributed by atoms with Gasteiger partial charge in [0.1, 0.15) is 22.6 Å². The lowest BCUT2D eigenvalue weighted by molar-refractivity contribution is 0.101. The molecule has 2 amide bonds. The number of aromatic nitrogens is 2. The van der Waals surface area contributed by atoms with Crippen LogP contribution in [-0.2, 0) is 10.8 Å². The largest absolute Gasteiger partial charge is 0.508 e. The van der Waals surface area contributed by atoms with Gasteiger partial charge in [-0.2, -0.15) is 0 Å². The molecule has 6 aromatic rings. The minimum absolute atomic E-state index is 0.00300. The van der Waals surface area contributed by atoms with Crippen molar-refractivity contribution in [3.63, 3.8) is 0 Å². The molecule has 0 aliphatic carbocycles. The maximum atomic E-state index is 14.0. The van der Waals surface area contributed by atoms with Crippen molar-refractivity contribution in [2.45, 2.75) is 117 Å². The van der Waals surface area contributed by atoms with Gasteiger partial charge in [0.25, 0.3) is 11.8 Å². The molecule has 0 saturated carbocycles. The third-order valence-electron chi connectivity index (χ3n) is 13.6. The maximum Gasteiger partial charge on any atom is 0.261 e. The number of phenols is 1. The number of rotatable bonds is 11. The first-order valence-corrected chi connectivity index (χ1v) is 27.8. The van der Waals surface area contributed by atoms with Gasteiger partial charge >= 0.3 is 0 Å². The summed E-state index contributed by atoms with van der Waals surface area (Å²) in [7, 11) is -4.57. The van der Waals surface area contributed by atoms with E-state index in [0.717, 1.165) is 21.5 Å². The smallest absolute Gasteiger partial charge is 0.261 e. The third kappa shape index (κ3) is 9.06. The van der Waals surface area contributed by atoms with E-state index in [1.807, 2.05) is 38.1 Å². The number of aromatic amines is 2. The zero-order chi connectivity index (χ0) is 46.6. The number of H-pyrrole nitrogens is 2. The van der Waals surface area contributed by atoms with E-state index in [-0.39, 0.29) is 34.0 Å². The second-order valence-corrected chi connectivity index (χ2v) is 31.5. The molecule has 0 spiro atoms. The standard InChI is InChI=1S/C51H64N4O6Si2/c1-30(2)62(11,12)44-23-35(49(3,4)5)40(55-48(60)34-28-53-38-22-18-16-20-32(38)46(34)58)26-42(44)61-29-51(9,10)36-24-43(63(13,14)50(6,7)8)41(56)25-39(36)54-47(59)33-27-52-37-21-17-15-19-31(37)45(33)57/h15-28,30,56H,29H2,1-14H3,(H,52,57)(H,53,58)(H,54,59)(H,55,60). The minimum Gasteiger partial charge on any atom is -0.508 e. The van der Waals surface area contributed by atoms with Gasteiger partial charge in [-0.05, 0) is 61.8 Å². The molecular weight excluding hydrogens is 821 g/mol. The summed E-state index contributed by atoms with van der Waals surface area (Å²) in [5.41, 5.74) is 2.20. The number of amides is 2. The first-order valence-electron chi connectivity index (χ1n) is 21.7. The van der Waals surface area contributed by atoms with Crippen molar-refractivity contribution in [1.29, 1.82) is 0 Å². The van der Waals surface area contributed by atoms with Crippen molar-refractivity contribution < 1.29 is 19.4 Å². The monoisotopic (exact) mass is 884 g/mol. The predicted octanol–water partition coefficient (Wildman–Crippen LogP) is 10.3. The molecule has 0 radical (unpaired) electrons. The Bertz CT molecular complexity index is 2880. The molecule has 4 aromatic carbocycles. The summed E-state index contributed by atoms with van der Waals surface area (Å²) in [4.78, 5) is 61.4. The zero-order valence-electron chi connectivity index (χ0n) is 39.4. The Kier molecular flexibility index (Phi) is 12.4. The van der Waals surface area contributed by atoms with Crippen molar-refractivity contribution in [3.05, 3.63) is 128 Å². The van der Waals surface area contributed by atoms with Crippen molar-refractivity contribution in [3.8, 4) is 11.5 Å². The van der Waals surface area contributed by atoms with Gasteiger partial charge in [-0.25, -0.2) is 0 Å². The fraction of sp³-hybridized carbons (Fsp3) is 0.373. The number of benzene rings is 4. The van der Waals surface area contributed by atoms with Crippen LogP contribution in [0.25, 0.3) is 21.8 Å². The number of fused-ring (bicyclic) bond motifs is 2. The minimum atomic E-state index is -2.35. The van der Waals surface area contributed by atoms with E-state index in [0.29, 0.717) is 44.5 Å². The summed E-state index contributed by atoms with van der Waals surface area (Å²) in [6.45, 7) is 30.6. The van der Waals surface area contributed by atoms with Crippen LogP contribution in [0, 0.1) is 0 Å². The van der Waals surface area contributed by atoms with Gasteiger partial charge in [0.05, 0.1) is 22.8 Å². The van der Waals surface area contributed by atoms with E-state index in [1.54, 1.807) is 42.5 Å². The molecule has 0 atom stereocenters. The van der Waals surface area contributed by atoms with Crippen molar-refractivity contribution >= 4 is 71.5 Å². The van der Waals surface area contributed by atoms with Crippen LogP contribution in [0.3, 0.4) is 0 Å². The quantitative estimate of drug-likeness (QED) is 0.0817. The first kappa shape index (κ1) is 46.8. The number of aromatic hydroxyl groups is 1. The number of nitrogens with one attached hydrogen (secondary N) is 4. The van der Waals surface area contributed by atoms with Crippen LogP contribution in [0.4, 0.5) is 11.4 Å². The lowest BCUT2D eigenvalue weighted by Gasteiger charge is -2.39. The zero-order valence-corrected chi connectivity index (χ0v) is 41.4. The van der Waals surface area contributed by atoms with Crippen molar-refractivity contribution in [1.82, 2.24) is 9.97 Å². The Balaban J connectivity index is 1.46. The maximum absolute atomic E-state index is 14.0. The molecule has 0 saturated heterocycles.